The van der Waals surface area contributed by atoms with Gasteiger partial charge in [0.15, 0.2) is 5.65 Å². The van der Waals surface area contributed by atoms with Crippen LogP contribution in [0.15, 0.2) is 60.7 Å². The van der Waals surface area contributed by atoms with Crippen molar-refractivity contribution in [2.24, 2.45) is 7.05 Å². The molecule has 8 heteroatoms. The fourth-order valence-electron chi connectivity index (χ4n) is 4.56. The summed E-state index contributed by atoms with van der Waals surface area (Å²) in [6.07, 6.45) is 2.01. The highest BCUT2D eigenvalue weighted by Gasteiger charge is 2.21. The molecule has 1 aliphatic heterocycles. The summed E-state index contributed by atoms with van der Waals surface area (Å²) in [6.45, 7) is 2.82. The van der Waals surface area contributed by atoms with Crippen molar-refractivity contribution in [3.63, 3.8) is 0 Å². The van der Waals surface area contributed by atoms with E-state index in [-0.39, 0.29) is 12.5 Å². The Morgan fingerprint density at radius 2 is 1.79 bits per heavy atom. The fourth-order valence-corrected chi connectivity index (χ4v) is 4.56. The molecule has 2 aromatic carbocycles. The summed E-state index contributed by atoms with van der Waals surface area (Å²) in [6, 6.07) is 19.5. The summed E-state index contributed by atoms with van der Waals surface area (Å²) in [5.74, 6) is -0.686. The highest BCUT2D eigenvalue weighted by Crippen LogP contribution is 2.27. The van der Waals surface area contributed by atoms with Crippen LogP contribution in [-0.2, 0) is 18.3 Å². The largest absolute Gasteiger partial charge is 0.362 e. The number of fused-ring (bicyclic) bond motifs is 2. The second kappa shape index (κ2) is 8.97. The number of hydrogen-bond acceptors (Lipinski definition) is 5. The van der Waals surface area contributed by atoms with Crippen LogP contribution in [0.5, 0.6) is 0 Å². The van der Waals surface area contributed by atoms with Crippen molar-refractivity contribution < 1.29 is 9.59 Å². The van der Waals surface area contributed by atoms with E-state index >= 15 is 0 Å². The van der Waals surface area contributed by atoms with Crippen molar-refractivity contribution in [3.8, 4) is 11.3 Å². The van der Waals surface area contributed by atoms with Crippen LogP contribution in [0.1, 0.15) is 28.0 Å². The molecule has 3 heterocycles. The number of carbonyl (C=O) groups excluding carboxylic acids is 2. The molecule has 0 atom stereocenters. The third-order valence-corrected chi connectivity index (χ3v) is 6.14. The number of pyridine rings is 1. The average molecular weight is 455 g/mol. The van der Waals surface area contributed by atoms with E-state index in [2.05, 4.69) is 22.0 Å². The predicted octanol–water partition coefficient (Wildman–Crippen LogP) is 3.16. The molecule has 5 rings (SSSR count). The van der Waals surface area contributed by atoms with Gasteiger partial charge in [0.1, 0.15) is 0 Å². The molecule has 0 bridgehead atoms. The van der Waals surface area contributed by atoms with Crippen molar-refractivity contribution in [1.82, 2.24) is 25.6 Å². The normalized spacial score (nSPS) is 12.9. The number of hydrogen-bond donors (Lipinski definition) is 2. The van der Waals surface area contributed by atoms with Crippen LogP contribution >= 0.6 is 0 Å². The van der Waals surface area contributed by atoms with E-state index in [4.69, 9.17) is 4.98 Å². The Balaban J connectivity index is 1.36. The topological polar surface area (TPSA) is 92.1 Å². The van der Waals surface area contributed by atoms with Gasteiger partial charge in [0.2, 0.25) is 0 Å². The Morgan fingerprint density at radius 3 is 2.62 bits per heavy atom. The first-order chi connectivity index (χ1) is 16.5. The third kappa shape index (κ3) is 4.10. The van der Waals surface area contributed by atoms with E-state index in [1.54, 1.807) is 17.8 Å². The molecule has 2 N–H and O–H groups in total. The van der Waals surface area contributed by atoms with Gasteiger partial charge in [-0.2, -0.15) is 5.10 Å². The Morgan fingerprint density at radius 1 is 1.03 bits per heavy atom. The number of anilines is 1. The second-order valence-corrected chi connectivity index (χ2v) is 8.48. The number of rotatable bonds is 4. The fraction of sp³-hybridized carbons (Fsp3) is 0.231. The van der Waals surface area contributed by atoms with E-state index < -0.39 is 5.91 Å². The molecule has 0 spiro atoms. The van der Waals surface area contributed by atoms with Crippen LogP contribution in [0.3, 0.4) is 0 Å². The van der Waals surface area contributed by atoms with Gasteiger partial charge in [0, 0.05) is 24.8 Å². The zero-order chi connectivity index (χ0) is 23.7. The molecule has 34 heavy (non-hydrogen) atoms. The van der Waals surface area contributed by atoms with E-state index in [1.165, 1.54) is 5.56 Å². The van der Waals surface area contributed by atoms with E-state index in [9.17, 15) is 9.59 Å². The van der Waals surface area contributed by atoms with Gasteiger partial charge in [-0.25, -0.2) is 4.98 Å². The maximum atomic E-state index is 13.2. The number of benzene rings is 2. The summed E-state index contributed by atoms with van der Waals surface area (Å²) in [5, 5.41) is 5.11. The Kier molecular flexibility index (Phi) is 5.71. The lowest BCUT2D eigenvalue weighted by molar-refractivity contribution is -0.120. The molecule has 0 aliphatic carbocycles. The summed E-state index contributed by atoms with van der Waals surface area (Å²) >= 11 is 0. The molecule has 1 aliphatic rings. The van der Waals surface area contributed by atoms with Gasteiger partial charge in [-0.05, 0) is 37.5 Å². The lowest BCUT2D eigenvalue weighted by Gasteiger charge is -2.30. The first-order valence-corrected chi connectivity index (χ1v) is 11.3. The van der Waals surface area contributed by atoms with Crippen molar-refractivity contribution in [3.05, 3.63) is 77.5 Å². The molecule has 0 saturated carbocycles. The Bertz CT molecular complexity index is 1380. The van der Waals surface area contributed by atoms with Crippen LogP contribution in [0.4, 0.5) is 5.69 Å². The highest BCUT2D eigenvalue weighted by molar-refractivity contribution is 6.08. The minimum absolute atomic E-state index is 0.171. The molecular weight excluding hydrogens is 428 g/mol. The molecule has 172 valence electrons. The summed E-state index contributed by atoms with van der Waals surface area (Å²) in [7, 11) is 1.80. The van der Waals surface area contributed by atoms with Crippen LogP contribution in [0.25, 0.3) is 22.3 Å². The number of amides is 2. The monoisotopic (exact) mass is 454 g/mol. The lowest BCUT2D eigenvalue weighted by Crippen LogP contribution is -2.47. The summed E-state index contributed by atoms with van der Waals surface area (Å²) < 4.78 is 1.67. The maximum absolute atomic E-state index is 13.2. The van der Waals surface area contributed by atoms with Gasteiger partial charge in [-0.3, -0.25) is 25.1 Å². The van der Waals surface area contributed by atoms with Gasteiger partial charge in [0.25, 0.3) is 11.8 Å². The molecule has 0 fully saturated rings. The molecule has 2 amide bonds. The van der Waals surface area contributed by atoms with Crippen LogP contribution < -0.4 is 15.8 Å². The van der Waals surface area contributed by atoms with Crippen LogP contribution in [-0.4, -0.2) is 39.7 Å². The highest BCUT2D eigenvalue weighted by atomic mass is 16.2. The third-order valence-electron chi connectivity index (χ3n) is 6.14. The molecule has 4 aromatic rings. The molecular formula is C26H26N6O2. The summed E-state index contributed by atoms with van der Waals surface area (Å²) in [4.78, 5) is 32.7. The zero-order valence-electron chi connectivity index (χ0n) is 19.2. The minimum Gasteiger partial charge on any atom is -0.362 e. The van der Waals surface area contributed by atoms with Gasteiger partial charge in [0.05, 0.1) is 28.9 Å². The standard InChI is InChI=1S/C26H26N6O2/c1-17-24-20(15-21(18-9-4-3-5-10-18)27-25(24)31(2)30-17)26(34)29-28-23(33)16-32-14-8-12-19-11-6-7-13-22(19)32/h3-7,9-11,13,15H,8,12,14,16H2,1-2H3,(H,28,33)(H,29,34). The number of aromatic nitrogens is 3. The first-order valence-electron chi connectivity index (χ1n) is 11.3. The van der Waals surface area contributed by atoms with Crippen molar-refractivity contribution in [2.45, 2.75) is 19.8 Å². The first kappa shape index (κ1) is 21.6. The molecule has 8 nitrogen and oxygen atoms in total. The van der Waals surface area contributed by atoms with Gasteiger partial charge in [-0.15, -0.1) is 0 Å². The quantitative estimate of drug-likeness (QED) is 0.462. The molecule has 0 unspecified atom stereocenters. The SMILES string of the molecule is Cc1nn(C)c2nc(-c3ccccc3)cc(C(=O)NNC(=O)CN3CCCc4ccccc43)c12. The van der Waals surface area contributed by atoms with Crippen LogP contribution in [0, 0.1) is 6.92 Å². The number of nitrogens with zero attached hydrogens (tertiary/aromatic N) is 4. The smallest absolute Gasteiger partial charge is 0.270 e. The number of para-hydroxylation sites is 1. The van der Waals surface area contributed by atoms with Crippen LogP contribution in [0.2, 0.25) is 0 Å². The molecule has 2 aromatic heterocycles. The molecule has 0 saturated heterocycles. The number of nitrogens with one attached hydrogen (secondary N) is 2. The van der Waals surface area contributed by atoms with Gasteiger partial charge in [-0.1, -0.05) is 48.5 Å². The van der Waals surface area contributed by atoms with Gasteiger partial charge < -0.3 is 4.90 Å². The van der Waals surface area contributed by atoms with E-state index in [0.29, 0.717) is 28.0 Å². The lowest BCUT2D eigenvalue weighted by atomic mass is 10.0. The van der Waals surface area contributed by atoms with E-state index in [1.807, 2.05) is 60.4 Å². The second-order valence-electron chi connectivity index (χ2n) is 8.48. The minimum atomic E-state index is -0.409. The average Bonchev–Trinajstić information content (AvgIpc) is 3.16. The number of carbonyl (C=O) groups is 2. The maximum Gasteiger partial charge on any atom is 0.270 e. The number of hydrazine groups is 1. The summed E-state index contributed by atoms with van der Waals surface area (Å²) in [5.41, 5.74) is 10.8. The predicted molar refractivity (Wildman–Crippen MR) is 131 cm³/mol. The van der Waals surface area contributed by atoms with Crippen molar-refractivity contribution >= 4 is 28.5 Å². The number of aryl methyl sites for hydroxylation is 3. The zero-order valence-corrected chi connectivity index (χ0v) is 19.2. The van der Waals surface area contributed by atoms with Gasteiger partial charge >= 0.3 is 0 Å². The Hall–Kier alpha value is -4.20. The Labute approximate surface area is 197 Å². The van der Waals surface area contributed by atoms with E-state index in [0.717, 1.165) is 30.6 Å². The van der Waals surface area contributed by atoms with Crippen molar-refractivity contribution in [2.75, 3.05) is 18.0 Å². The van der Waals surface area contributed by atoms with Crippen molar-refractivity contribution in [1.29, 1.82) is 0 Å². The molecule has 0 radical (unpaired) electrons.